The van der Waals surface area contributed by atoms with E-state index in [4.69, 9.17) is 14.2 Å². The highest BCUT2D eigenvalue weighted by atomic mass is 19.4. The summed E-state index contributed by atoms with van der Waals surface area (Å²) in [5, 5.41) is 0. The summed E-state index contributed by atoms with van der Waals surface area (Å²) in [6.45, 7) is 0.605. The quantitative estimate of drug-likeness (QED) is 0.796. The van der Waals surface area contributed by atoms with E-state index < -0.39 is 11.7 Å². The second-order valence-electron chi connectivity index (χ2n) is 5.90. The summed E-state index contributed by atoms with van der Waals surface area (Å²) in [5.74, 6) is 0.826. The molecule has 9 heteroatoms. The van der Waals surface area contributed by atoms with Crippen LogP contribution in [0.2, 0.25) is 0 Å². The highest BCUT2D eigenvalue weighted by Crippen LogP contribution is 2.30. The van der Waals surface area contributed by atoms with E-state index in [9.17, 15) is 18.0 Å². The number of aromatic nitrogens is 1. The number of carbonyl (C=O) groups excluding carboxylic acids is 1. The van der Waals surface area contributed by atoms with Crippen molar-refractivity contribution in [3.8, 4) is 17.4 Å². The Morgan fingerprint density at radius 1 is 1.15 bits per heavy atom. The fourth-order valence-electron chi connectivity index (χ4n) is 2.61. The van der Waals surface area contributed by atoms with Crippen LogP contribution in [0.15, 0.2) is 36.5 Å². The van der Waals surface area contributed by atoms with Gasteiger partial charge in [-0.15, -0.1) is 0 Å². The Labute approximate surface area is 153 Å². The molecule has 1 aromatic heterocycles. The number of halogens is 3. The Kier molecular flexibility index (Phi) is 5.11. The van der Waals surface area contributed by atoms with Crippen LogP contribution in [0.1, 0.15) is 15.9 Å². The highest BCUT2D eigenvalue weighted by Gasteiger charge is 2.35. The summed E-state index contributed by atoms with van der Waals surface area (Å²) in [7, 11) is 2.98. The summed E-state index contributed by atoms with van der Waals surface area (Å²) in [6, 6.07) is 6.97. The minimum atomic E-state index is -4.44. The summed E-state index contributed by atoms with van der Waals surface area (Å²) in [4.78, 5) is 17.8. The predicted octanol–water partition coefficient (Wildman–Crippen LogP) is 3.02. The zero-order valence-electron chi connectivity index (χ0n) is 14.6. The van der Waals surface area contributed by atoms with Crippen LogP contribution in [0.3, 0.4) is 0 Å². The van der Waals surface area contributed by atoms with Crippen molar-refractivity contribution in [3.05, 3.63) is 47.7 Å². The second-order valence-corrected chi connectivity index (χ2v) is 5.90. The van der Waals surface area contributed by atoms with Gasteiger partial charge in [0.1, 0.15) is 17.6 Å². The molecule has 0 bridgehead atoms. The first-order chi connectivity index (χ1) is 12.8. The third-order valence-corrected chi connectivity index (χ3v) is 4.13. The van der Waals surface area contributed by atoms with Gasteiger partial charge in [0, 0.05) is 18.3 Å². The molecule has 0 N–H and O–H groups in total. The Hall–Kier alpha value is -2.97. The smallest absolute Gasteiger partial charge is 0.417 e. The summed E-state index contributed by atoms with van der Waals surface area (Å²) < 4.78 is 53.4. The van der Waals surface area contributed by atoms with E-state index in [0.717, 1.165) is 12.3 Å². The molecule has 1 saturated heterocycles. The molecule has 1 aliphatic heterocycles. The number of hydrogen-bond donors (Lipinski definition) is 0. The van der Waals surface area contributed by atoms with E-state index in [1.54, 1.807) is 23.1 Å². The normalized spacial score (nSPS) is 14.5. The maximum Gasteiger partial charge on any atom is 0.417 e. The minimum absolute atomic E-state index is 0.0853. The van der Waals surface area contributed by atoms with Gasteiger partial charge in [-0.1, -0.05) is 0 Å². The van der Waals surface area contributed by atoms with Crippen LogP contribution in [-0.4, -0.2) is 49.2 Å². The number of ether oxygens (including phenoxy) is 3. The third kappa shape index (κ3) is 4.07. The van der Waals surface area contributed by atoms with E-state index in [0.29, 0.717) is 30.2 Å². The van der Waals surface area contributed by atoms with Crippen LogP contribution in [-0.2, 0) is 6.18 Å². The molecule has 0 aliphatic carbocycles. The zero-order chi connectivity index (χ0) is 19.6. The first kappa shape index (κ1) is 18.8. The van der Waals surface area contributed by atoms with Crippen LogP contribution in [0.5, 0.6) is 17.4 Å². The largest absolute Gasteiger partial charge is 0.497 e. The van der Waals surface area contributed by atoms with Gasteiger partial charge in [0.05, 0.1) is 38.4 Å². The number of carbonyl (C=O) groups is 1. The van der Waals surface area contributed by atoms with Crippen molar-refractivity contribution < 1.29 is 32.2 Å². The molecular weight excluding hydrogens is 365 g/mol. The van der Waals surface area contributed by atoms with Crippen molar-refractivity contribution in [1.82, 2.24) is 9.88 Å². The lowest BCUT2D eigenvalue weighted by atomic mass is 10.1. The predicted molar refractivity (Wildman–Crippen MR) is 89.1 cm³/mol. The fraction of sp³-hybridized carbons (Fsp3) is 0.333. The van der Waals surface area contributed by atoms with Crippen molar-refractivity contribution in [3.63, 3.8) is 0 Å². The van der Waals surface area contributed by atoms with E-state index in [1.165, 1.54) is 20.3 Å². The molecule has 1 aromatic carbocycles. The van der Waals surface area contributed by atoms with Gasteiger partial charge in [-0.3, -0.25) is 4.79 Å². The Morgan fingerprint density at radius 3 is 2.44 bits per heavy atom. The molecule has 0 radical (unpaired) electrons. The molecule has 27 heavy (non-hydrogen) atoms. The van der Waals surface area contributed by atoms with Gasteiger partial charge >= 0.3 is 6.18 Å². The van der Waals surface area contributed by atoms with Gasteiger partial charge in [-0.2, -0.15) is 13.2 Å². The maximum atomic E-state index is 12.6. The van der Waals surface area contributed by atoms with Crippen LogP contribution in [0.4, 0.5) is 13.2 Å². The van der Waals surface area contributed by atoms with Gasteiger partial charge in [0.15, 0.2) is 0 Å². The van der Waals surface area contributed by atoms with E-state index >= 15 is 0 Å². The topological polar surface area (TPSA) is 60.9 Å². The number of rotatable bonds is 5. The number of nitrogens with zero attached hydrogens (tertiary/aromatic N) is 2. The summed E-state index contributed by atoms with van der Waals surface area (Å²) in [6.07, 6.45) is -4.05. The van der Waals surface area contributed by atoms with Gasteiger partial charge in [0.2, 0.25) is 5.88 Å². The number of hydrogen-bond acceptors (Lipinski definition) is 5. The molecule has 144 valence electrons. The van der Waals surface area contributed by atoms with E-state index in [-0.39, 0.29) is 17.9 Å². The zero-order valence-corrected chi connectivity index (χ0v) is 14.6. The Bertz CT molecular complexity index is 818. The molecule has 3 rings (SSSR count). The molecule has 6 nitrogen and oxygen atoms in total. The molecule has 0 atom stereocenters. The first-order valence-corrected chi connectivity index (χ1v) is 8.03. The molecule has 2 aromatic rings. The molecule has 1 aliphatic rings. The van der Waals surface area contributed by atoms with Crippen LogP contribution >= 0.6 is 0 Å². The molecule has 0 spiro atoms. The van der Waals surface area contributed by atoms with E-state index in [2.05, 4.69) is 4.98 Å². The minimum Gasteiger partial charge on any atom is -0.497 e. The average Bonchev–Trinajstić information content (AvgIpc) is 2.62. The van der Waals surface area contributed by atoms with Crippen molar-refractivity contribution in [2.45, 2.75) is 12.3 Å². The number of methoxy groups -OCH3 is 2. The lowest BCUT2D eigenvalue weighted by molar-refractivity contribution is -0.137. The average molecular weight is 382 g/mol. The SMILES string of the molecule is COc1ccc(C(=O)N2CC(Oc3ccc(C(F)(F)F)cn3)C2)c(OC)c1. The second kappa shape index (κ2) is 7.34. The number of alkyl halides is 3. The monoisotopic (exact) mass is 382 g/mol. The molecule has 0 unspecified atom stereocenters. The van der Waals surface area contributed by atoms with Gasteiger partial charge in [-0.05, 0) is 18.2 Å². The Morgan fingerprint density at radius 2 is 1.89 bits per heavy atom. The summed E-state index contributed by atoms with van der Waals surface area (Å²) >= 11 is 0. The molecule has 1 amide bonds. The number of benzene rings is 1. The fourth-order valence-corrected chi connectivity index (χ4v) is 2.61. The Balaban J connectivity index is 1.59. The molecule has 1 fully saturated rings. The molecule has 2 heterocycles. The highest BCUT2D eigenvalue weighted by molar-refractivity contribution is 5.97. The number of pyridine rings is 1. The van der Waals surface area contributed by atoms with Crippen molar-refractivity contribution in [2.75, 3.05) is 27.3 Å². The number of likely N-dealkylation sites (tertiary alicyclic amines) is 1. The molecule has 0 saturated carbocycles. The van der Waals surface area contributed by atoms with Crippen molar-refractivity contribution in [1.29, 1.82) is 0 Å². The lowest BCUT2D eigenvalue weighted by Crippen LogP contribution is -2.56. The number of amides is 1. The molecular formula is C18H17F3N2O4. The lowest BCUT2D eigenvalue weighted by Gasteiger charge is -2.38. The van der Waals surface area contributed by atoms with Crippen LogP contribution in [0.25, 0.3) is 0 Å². The van der Waals surface area contributed by atoms with Gasteiger partial charge in [-0.25, -0.2) is 4.98 Å². The first-order valence-electron chi connectivity index (χ1n) is 8.03. The van der Waals surface area contributed by atoms with Crippen molar-refractivity contribution in [2.24, 2.45) is 0 Å². The van der Waals surface area contributed by atoms with Crippen LogP contribution < -0.4 is 14.2 Å². The maximum absolute atomic E-state index is 12.6. The van der Waals surface area contributed by atoms with E-state index in [1.807, 2.05) is 0 Å². The summed E-state index contributed by atoms with van der Waals surface area (Å²) in [5.41, 5.74) is -0.448. The van der Waals surface area contributed by atoms with Gasteiger partial charge in [0.25, 0.3) is 5.91 Å². The standard InChI is InChI=1S/C18H17F3N2O4/c1-25-12-4-5-14(15(7-12)26-2)17(24)23-9-13(10-23)27-16-6-3-11(8-22-16)18(19,20)21/h3-8,13H,9-10H2,1-2H3. The third-order valence-electron chi connectivity index (χ3n) is 4.13. The van der Waals surface area contributed by atoms with Crippen molar-refractivity contribution >= 4 is 5.91 Å². The van der Waals surface area contributed by atoms with Gasteiger partial charge < -0.3 is 19.1 Å². The van der Waals surface area contributed by atoms with Crippen LogP contribution in [0, 0.1) is 0 Å².